The van der Waals surface area contributed by atoms with E-state index in [0.29, 0.717) is 41.8 Å². The number of amidine groups is 2. The van der Waals surface area contributed by atoms with E-state index < -0.39 is 0 Å². The van der Waals surface area contributed by atoms with Gasteiger partial charge >= 0.3 is 0 Å². The van der Waals surface area contributed by atoms with E-state index in [2.05, 4.69) is 10.3 Å². The Bertz CT molecular complexity index is 1210. The third kappa shape index (κ3) is 5.40. The Morgan fingerprint density at radius 2 is 1.53 bits per heavy atom. The molecule has 0 bridgehead atoms. The lowest BCUT2D eigenvalue weighted by atomic mass is 10.1. The first-order valence-corrected chi connectivity index (χ1v) is 10.9. The first kappa shape index (κ1) is 23.0. The third-order valence-electron chi connectivity index (χ3n) is 5.37. The third-order valence-corrected chi connectivity index (χ3v) is 5.37. The number of nitrogens with zero attached hydrogens (tertiary/aromatic N) is 1. The minimum Gasteiger partial charge on any atom is -0.493 e. The summed E-state index contributed by atoms with van der Waals surface area (Å²) in [6.07, 6.45) is 0. The van der Waals surface area contributed by atoms with Gasteiger partial charge in [-0.15, -0.1) is 0 Å². The number of benzene rings is 3. The van der Waals surface area contributed by atoms with E-state index in [-0.39, 0.29) is 5.84 Å². The summed E-state index contributed by atoms with van der Waals surface area (Å²) in [6, 6.07) is 19.0. The normalized spacial score (nSPS) is 12.5. The van der Waals surface area contributed by atoms with E-state index in [1.54, 1.807) is 32.4 Å². The highest BCUT2D eigenvalue weighted by Gasteiger charge is 2.13. The molecule has 4 rings (SSSR count). The summed E-state index contributed by atoms with van der Waals surface area (Å²) in [5, 5.41) is 10.8. The Balaban J connectivity index is 1.40. The van der Waals surface area contributed by atoms with Gasteiger partial charge in [0.05, 0.1) is 20.8 Å². The molecule has 4 N–H and O–H groups in total. The number of nitrogens with two attached hydrogens (primary N) is 1. The van der Waals surface area contributed by atoms with Crippen LogP contribution in [0.2, 0.25) is 0 Å². The second-order valence-electron chi connectivity index (χ2n) is 7.70. The standard InChI is InChI=1S/C26H28N4O4/c1-31-23-13-19(25(27)28)6-8-21(23)33-15-17-4-3-5-18(12-17)16-34-22-9-7-20(14-24(22)32-2)26-29-10-11-30-26/h3-9,12-14H,10-11,15-16H2,1-2H3,(H3,27,28)(H,29,30). The van der Waals surface area contributed by atoms with E-state index >= 15 is 0 Å². The SMILES string of the molecule is COc1cc(C(=N)N)ccc1OCc1cccc(COc2ccc(C3=NCCN3)cc2OC)c1. The zero-order valence-corrected chi connectivity index (χ0v) is 19.3. The quantitative estimate of drug-likeness (QED) is 0.315. The maximum absolute atomic E-state index is 7.57. The molecule has 0 aromatic heterocycles. The van der Waals surface area contributed by atoms with Gasteiger partial charge in [0.15, 0.2) is 23.0 Å². The van der Waals surface area contributed by atoms with Crippen LogP contribution in [0.3, 0.4) is 0 Å². The number of ether oxygens (including phenoxy) is 4. The van der Waals surface area contributed by atoms with Crippen LogP contribution in [0.4, 0.5) is 0 Å². The van der Waals surface area contributed by atoms with E-state index in [0.717, 1.165) is 35.6 Å². The minimum absolute atomic E-state index is 0.0206. The molecule has 0 saturated carbocycles. The van der Waals surface area contributed by atoms with Crippen LogP contribution < -0.4 is 30.0 Å². The van der Waals surface area contributed by atoms with Gasteiger partial charge in [-0.05, 0) is 53.6 Å². The van der Waals surface area contributed by atoms with Crippen molar-refractivity contribution in [3.05, 3.63) is 82.9 Å². The molecule has 0 atom stereocenters. The van der Waals surface area contributed by atoms with Crippen LogP contribution in [-0.2, 0) is 13.2 Å². The average molecular weight is 461 g/mol. The van der Waals surface area contributed by atoms with Crippen molar-refractivity contribution in [1.29, 1.82) is 5.41 Å². The zero-order valence-electron chi connectivity index (χ0n) is 19.3. The molecular weight excluding hydrogens is 432 g/mol. The van der Waals surface area contributed by atoms with Gasteiger partial charge in [-0.2, -0.15) is 0 Å². The molecule has 1 heterocycles. The second-order valence-corrected chi connectivity index (χ2v) is 7.70. The zero-order chi connectivity index (χ0) is 23.9. The molecule has 1 aliphatic heterocycles. The van der Waals surface area contributed by atoms with Gasteiger partial charge in [-0.25, -0.2) is 0 Å². The van der Waals surface area contributed by atoms with Crippen molar-refractivity contribution in [3.63, 3.8) is 0 Å². The predicted octanol–water partition coefficient (Wildman–Crippen LogP) is 3.50. The largest absolute Gasteiger partial charge is 0.493 e. The molecule has 0 fully saturated rings. The van der Waals surface area contributed by atoms with E-state index in [9.17, 15) is 0 Å². The van der Waals surface area contributed by atoms with Crippen molar-refractivity contribution in [3.8, 4) is 23.0 Å². The Morgan fingerprint density at radius 1 is 0.882 bits per heavy atom. The molecule has 0 spiro atoms. The summed E-state index contributed by atoms with van der Waals surface area (Å²) in [7, 11) is 3.19. The number of methoxy groups -OCH3 is 2. The van der Waals surface area contributed by atoms with Crippen molar-refractivity contribution < 1.29 is 18.9 Å². The molecule has 34 heavy (non-hydrogen) atoms. The summed E-state index contributed by atoms with van der Waals surface area (Å²) in [6.45, 7) is 2.38. The smallest absolute Gasteiger partial charge is 0.161 e. The Kier molecular flexibility index (Phi) is 7.17. The Morgan fingerprint density at radius 3 is 2.12 bits per heavy atom. The molecule has 8 nitrogen and oxygen atoms in total. The van der Waals surface area contributed by atoms with Gasteiger partial charge in [0.25, 0.3) is 0 Å². The van der Waals surface area contributed by atoms with Crippen LogP contribution in [0, 0.1) is 5.41 Å². The lowest BCUT2D eigenvalue weighted by molar-refractivity contribution is 0.279. The van der Waals surface area contributed by atoms with Gasteiger partial charge in [-0.1, -0.05) is 18.2 Å². The molecular formula is C26H28N4O4. The second kappa shape index (κ2) is 10.6. The lowest BCUT2D eigenvalue weighted by Crippen LogP contribution is -2.19. The fourth-order valence-corrected chi connectivity index (χ4v) is 3.61. The molecule has 0 aliphatic carbocycles. The Hall–Kier alpha value is -4.20. The van der Waals surface area contributed by atoms with Gasteiger partial charge < -0.3 is 30.0 Å². The van der Waals surface area contributed by atoms with Crippen molar-refractivity contribution in [2.24, 2.45) is 10.7 Å². The van der Waals surface area contributed by atoms with Crippen LogP contribution in [-0.4, -0.2) is 39.0 Å². The highest BCUT2D eigenvalue weighted by atomic mass is 16.5. The molecule has 0 saturated heterocycles. The van der Waals surface area contributed by atoms with Crippen LogP contribution in [0.1, 0.15) is 22.3 Å². The first-order chi connectivity index (χ1) is 16.6. The molecule has 176 valence electrons. The molecule has 3 aromatic rings. The maximum atomic E-state index is 7.57. The summed E-state index contributed by atoms with van der Waals surface area (Å²) in [5.41, 5.74) is 9.11. The van der Waals surface area contributed by atoms with Gasteiger partial charge in [0.2, 0.25) is 0 Å². The van der Waals surface area contributed by atoms with E-state index in [1.165, 1.54) is 0 Å². The number of hydrogen-bond donors (Lipinski definition) is 3. The van der Waals surface area contributed by atoms with Crippen molar-refractivity contribution in [2.75, 3.05) is 27.3 Å². The van der Waals surface area contributed by atoms with Gasteiger partial charge in [-0.3, -0.25) is 10.4 Å². The number of aliphatic imine (C=N–C) groups is 1. The lowest BCUT2D eigenvalue weighted by Gasteiger charge is -2.14. The molecule has 0 radical (unpaired) electrons. The molecule has 1 aliphatic rings. The number of nitrogen functional groups attached to an aromatic ring is 1. The molecule has 3 aromatic carbocycles. The van der Waals surface area contributed by atoms with Crippen LogP contribution in [0.15, 0.2) is 65.7 Å². The van der Waals surface area contributed by atoms with Crippen molar-refractivity contribution in [2.45, 2.75) is 13.2 Å². The fourth-order valence-electron chi connectivity index (χ4n) is 3.61. The maximum Gasteiger partial charge on any atom is 0.161 e. The highest BCUT2D eigenvalue weighted by Crippen LogP contribution is 2.30. The molecule has 8 heteroatoms. The summed E-state index contributed by atoms with van der Waals surface area (Å²) < 4.78 is 22.9. The number of rotatable bonds is 10. The summed E-state index contributed by atoms with van der Waals surface area (Å²) in [4.78, 5) is 4.45. The number of nitrogens with one attached hydrogen (secondary N) is 2. The molecule has 0 unspecified atom stereocenters. The fraction of sp³-hybridized carbons (Fsp3) is 0.231. The predicted molar refractivity (Wildman–Crippen MR) is 132 cm³/mol. The average Bonchev–Trinajstić information content (AvgIpc) is 3.41. The van der Waals surface area contributed by atoms with Crippen LogP contribution in [0.25, 0.3) is 0 Å². The minimum atomic E-state index is -0.0206. The molecule has 0 amide bonds. The van der Waals surface area contributed by atoms with Crippen molar-refractivity contribution in [1.82, 2.24) is 5.32 Å². The summed E-state index contributed by atoms with van der Waals surface area (Å²) in [5.74, 6) is 3.30. The van der Waals surface area contributed by atoms with E-state index in [1.807, 2.05) is 42.5 Å². The summed E-state index contributed by atoms with van der Waals surface area (Å²) >= 11 is 0. The monoisotopic (exact) mass is 460 g/mol. The van der Waals surface area contributed by atoms with Crippen LogP contribution >= 0.6 is 0 Å². The Labute approximate surface area is 198 Å². The first-order valence-electron chi connectivity index (χ1n) is 10.9. The number of hydrogen-bond acceptors (Lipinski definition) is 7. The van der Waals surface area contributed by atoms with Crippen molar-refractivity contribution >= 4 is 11.7 Å². The highest BCUT2D eigenvalue weighted by molar-refractivity contribution is 6.00. The van der Waals surface area contributed by atoms with Gasteiger partial charge in [0.1, 0.15) is 24.9 Å². The topological polar surface area (TPSA) is 111 Å². The van der Waals surface area contributed by atoms with E-state index in [4.69, 9.17) is 30.1 Å². The van der Waals surface area contributed by atoms with Gasteiger partial charge in [0, 0.05) is 17.7 Å². The van der Waals surface area contributed by atoms with Crippen LogP contribution in [0.5, 0.6) is 23.0 Å².